The summed E-state index contributed by atoms with van der Waals surface area (Å²) in [6, 6.07) is 78.8. The second-order valence-corrected chi connectivity index (χ2v) is 16.3. The van der Waals surface area contributed by atoms with Gasteiger partial charge >= 0.3 is 0 Å². The number of benzene rings is 9. The highest BCUT2D eigenvalue weighted by Crippen LogP contribution is 2.64. The van der Waals surface area contributed by atoms with E-state index in [1.165, 1.54) is 42.4 Å². The van der Waals surface area contributed by atoms with Gasteiger partial charge in [0.25, 0.3) is 0 Å². The van der Waals surface area contributed by atoms with E-state index in [1.54, 1.807) is 0 Å². The van der Waals surface area contributed by atoms with Gasteiger partial charge in [0, 0.05) is 54.0 Å². The number of ether oxygens (including phenoxy) is 1. The topological polar surface area (TPSA) is 15.7 Å². The van der Waals surface area contributed by atoms with E-state index in [9.17, 15) is 0 Å². The Labute approximate surface area is 347 Å². The Bertz CT molecular complexity index is 3120. The molecule has 10 aromatic rings. The number of fused-ring (bicyclic) bond motifs is 12. The van der Waals surface area contributed by atoms with Crippen molar-refractivity contribution in [2.24, 2.45) is 0 Å². The number of para-hydroxylation sites is 4. The Kier molecular flexibility index (Phi) is 7.62. The van der Waals surface area contributed by atoms with Crippen LogP contribution in [0.1, 0.15) is 22.3 Å². The van der Waals surface area contributed by atoms with Crippen LogP contribution in [0.4, 0.5) is 34.1 Å². The SMILES string of the molecule is c1ccc(N(c2ccccc2)c2ccc(N(c3cccc4c3Oc3ccccc3C43c4ccccc4-c4ccccc43)c3cccc4sc5ccccc5c34)cc2)cc1. The van der Waals surface area contributed by atoms with E-state index in [4.69, 9.17) is 4.74 Å². The molecule has 0 radical (unpaired) electrons. The van der Waals surface area contributed by atoms with Gasteiger partial charge < -0.3 is 14.5 Å². The standard InChI is InChI=1S/C55H36N2OS/c1-3-17-37(18-4-1)56(38-19-5-2-6-20-38)39-33-35-40(36-34-39)57(48-28-16-32-52-53(48)43-23-9-14-31-51(43)59-52)49-29-15-27-47-54(49)58-50-30-13-12-26-46(50)55(47)44-24-10-7-21-41(44)42-22-8-11-25-45(42)55/h1-36H. The first kappa shape index (κ1) is 33.7. The van der Waals surface area contributed by atoms with Gasteiger partial charge in [-0.3, -0.25) is 0 Å². The van der Waals surface area contributed by atoms with Gasteiger partial charge in [-0.05, 0) is 101 Å². The minimum Gasteiger partial charge on any atom is -0.454 e. The average molecular weight is 773 g/mol. The summed E-state index contributed by atoms with van der Waals surface area (Å²) in [5.74, 6) is 1.73. The van der Waals surface area contributed by atoms with Crippen LogP contribution in [0.3, 0.4) is 0 Å². The van der Waals surface area contributed by atoms with Crippen molar-refractivity contribution in [1.82, 2.24) is 0 Å². The normalized spacial score (nSPS) is 13.0. The smallest absolute Gasteiger partial charge is 0.156 e. The first-order valence-corrected chi connectivity index (χ1v) is 20.9. The van der Waals surface area contributed by atoms with Crippen molar-refractivity contribution in [3.05, 3.63) is 241 Å². The van der Waals surface area contributed by atoms with E-state index in [0.29, 0.717) is 0 Å². The van der Waals surface area contributed by atoms with Gasteiger partial charge in [-0.2, -0.15) is 0 Å². The highest BCUT2D eigenvalue weighted by atomic mass is 32.1. The highest BCUT2D eigenvalue weighted by Gasteiger charge is 2.51. The van der Waals surface area contributed by atoms with Crippen LogP contribution in [-0.4, -0.2) is 0 Å². The fourth-order valence-corrected chi connectivity index (χ4v) is 10.9. The molecule has 0 amide bonds. The molecule has 0 saturated carbocycles. The van der Waals surface area contributed by atoms with Crippen molar-refractivity contribution in [3.63, 3.8) is 0 Å². The molecule has 1 aliphatic carbocycles. The number of rotatable bonds is 6. The van der Waals surface area contributed by atoms with Crippen LogP contribution in [0.15, 0.2) is 218 Å². The van der Waals surface area contributed by atoms with Gasteiger partial charge in [-0.25, -0.2) is 0 Å². The molecule has 0 bridgehead atoms. The number of thiophene rings is 1. The maximum absolute atomic E-state index is 7.26. The summed E-state index contributed by atoms with van der Waals surface area (Å²) in [5.41, 5.74) is 13.2. The number of nitrogens with zero attached hydrogens (tertiary/aromatic N) is 2. The lowest BCUT2D eigenvalue weighted by Gasteiger charge is -2.41. The third-order valence-corrected chi connectivity index (χ3v) is 13.2. The van der Waals surface area contributed by atoms with E-state index in [-0.39, 0.29) is 0 Å². The van der Waals surface area contributed by atoms with E-state index < -0.39 is 5.41 Å². The second-order valence-electron chi connectivity index (χ2n) is 15.2. The zero-order valence-corrected chi connectivity index (χ0v) is 32.8. The van der Waals surface area contributed by atoms with Gasteiger partial charge in [0.1, 0.15) is 5.75 Å². The monoisotopic (exact) mass is 772 g/mol. The highest BCUT2D eigenvalue weighted by molar-refractivity contribution is 7.26. The van der Waals surface area contributed by atoms with Crippen LogP contribution in [-0.2, 0) is 5.41 Å². The van der Waals surface area contributed by atoms with Crippen LogP contribution in [0, 0.1) is 0 Å². The lowest BCUT2D eigenvalue weighted by molar-refractivity contribution is 0.437. The quantitative estimate of drug-likeness (QED) is 0.167. The van der Waals surface area contributed by atoms with Crippen LogP contribution in [0.5, 0.6) is 11.5 Å². The molecule has 2 aliphatic rings. The predicted octanol–water partition coefficient (Wildman–Crippen LogP) is 15.5. The molecule has 0 N–H and O–H groups in total. The van der Waals surface area contributed by atoms with E-state index in [0.717, 1.165) is 56.8 Å². The third-order valence-electron chi connectivity index (χ3n) is 12.1. The van der Waals surface area contributed by atoms with E-state index in [2.05, 4.69) is 228 Å². The van der Waals surface area contributed by atoms with Crippen molar-refractivity contribution in [2.75, 3.05) is 9.80 Å². The molecule has 3 nitrogen and oxygen atoms in total. The molecule has 0 saturated heterocycles. The molecular weight excluding hydrogens is 737 g/mol. The Morgan fingerprint density at radius 1 is 0.356 bits per heavy atom. The Morgan fingerprint density at radius 3 is 1.54 bits per heavy atom. The minimum atomic E-state index is -0.574. The molecule has 12 rings (SSSR count). The maximum atomic E-state index is 7.26. The lowest BCUT2D eigenvalue weighted by atomic mass is 9.66. The molecule has 59 heavy (non-hydrogen) atoms. The lowest BCUT2D eigenvalue weighted by Crippen LogP contribution is -2.32. The first-order chi connectivity index (χ1) is 29.3. The summed E-state index contributed by atoms with van der Waals surface area (Å²) in [6.07, 6.45) is 0. The number of hydrogen-bond donors (Lipinski definition) is 0. The number of hydrogen-bond acceptors (Lipinski definition) is 4. The van der Waals surface area contributed by atoms with Crippen LogP contribution >= 0.6 is 11.3 Å². The Morgan fingerprint density at radius 2 is 0.847 bits per heavy atom. The second kappa shape index (κ2) is 13.3. The molecule has 2 heterocycles. The van der Waals surface area contributed by atoms with Gasteiger partial charge in [-0.1, -0.05) is 140 Å². The summed E-state index contributed by atoms with van der Waals surface area (Å²) in [4.78, 5) is 4.73. The van der Waals surface area contributed by atoms with Crippen molar-refractivity contribution >= 4 is 65.6 Å². The van der Waals surface area contributed by atoms with Crippen molar-refractivity contribution in [1.29, 1.82) is 0 Å². The summed E-state index contributed by atoms with van der Waals surface area (Å²) in [5, 5.41) is 2.47. The molecule has 0 unspecified atom stereocenters. The van der Waals surface area contributed by atoms with Gasteiger partial charge in [-0.15, -0.1) is 11.3 Å². The molecule has 278 valence electrons. The fourth-order valence-electron chi connectivity index (χ4n) is 9.74. The molecule has 9 aromatic carbocycles. The van der Waals surface area contributed by atoms with Crippen LogP contribution < -0.4 is 14.5 Å². The molecule has 1 aliphatic heterocycles. The van der Waals surface area contributed by atoms with Crippen LogP contribution in [0.25, 0.3) is 31.3 Å². The van der Waals surface area contributed by atoms with Crippen molar-refractivity contribution < 1.29 is 4.74 Å². The first-order valence-electron chi connectivity index (χ1n) is 20.1. The van der Waals surface area contributed by atoms with Crippen molar-refractivity contribution in [2.45, 2.75) is 5.41 Å². The fraction of sp³-hybridized carbons (Fsp3) is 0.0182. The number of anilines is 6. The molecule has 0 atom stereocenters. The average Bonchev–Trinajstić information content (AvgIpc) is 3.83. The van der Waals surface area contributed by atoms with Crippen LogP contribution in [0.2, 0.25) is 0 Å². The van der Waals surface area contributed by atoms with Gasteiger partial charge in [0.15, 0.2) is 5.75 Å². The molecule has 0 fully saturated rings. The van der Waals surface area contributed by atoms with E-state index >= 15 is 0 Å². The molecule has 1 aromatic heterocycles. The largest absolute Gasteiger partial charge is 0.454 e. The molecule has 1 spiro atoms. The Balaban J connectivity index is 1.12. The minimum absolute atomic E-state index is 0.574. The third kappa shape index (κ3) is 5.00. The summed E-state index contributed by atoms with van der Waals surface area (Å²) in [7, 11) is 0. The molecule has 4 heteroatoms. The zero-order valence-electron chi connectivity index (χ0n) is 32.0. The predicted molar refractivity (Wildman–Crippen MR) is 246 cm³/mol. The Hall–Kier alpha value is -7.40. The summed E-state index contributed by atoms with van der Waals surface area (Å²) >= 11 is 1.84. The van der Waals surface area contributed by atoms with Gasteiger partial charge in [0.2, 0.25) is 0 Å². The summed E-state index contributed by atoms with van der Waals surface area (Å²) < 4.78 is 9.78. The van der Waals surface area contributed by atoms with E-state index in [1.807, 2.05) is 11.3 Å². The maximum Gasteiger partial charge on any atom is 0.156 e. The zero-order chi connectivity index (χ0) is 38.9. The van der Waals surface area contributed by atoms with Crippen molar-refractivity contribution in [3.8, 4) is 22.6 Å². The van der Waals surface area contributed by atoms with Gasteiger partial charge in [0.05, 0.1) is 16.8 Å². The molecular formula is C55H36N2OS. The summed E-state index contributed by atoms with van der Waals surface area (Å²) in [6.45, 7) is 0.